The van der Waals surface area contributed by atoms with Crippen molar-refractivity contribution in [3.63, 3.8) is 0 Å². The van der Waals surface area contributed by atoms with Crippen LogP contribution in [0, 0.1) is 0 Å². The monoisotopic (exact) mass is 543 g/mol. The number of ether oxygens (including phenoxy) is 1. The van der Waals surface area contributed by atoms with Gasteiger partial charge in [0.1, 0.15) is 6.61 Å². The number of hydrogen-bond donors (Lipinski definition) is 2. The number of rotatable bonds is 5. The number of carbonyl (C=O) groups is 2. The number of hydrogen-bond acceptors (Lipinski definition) is 5. The molecule has 0 saturated carbocycles. The first-order chi connectivity index (χ1) is 17.7. The summed E-state index contributed by atoms with van der Waals surface area (Å²) in [5, 5.41) is 3.50. The number of amides is 1. The van der Waals surface area contributed by atoms with Gasteiger partial charge in [-0.25, -0.2) is 4.79 Å². The molecule has 0 aliphatic carbocycles. The van der Waals surface area contributed by atoms with Crippen molar-refractivity contribution in [1.82, 2.24) is 15.3 Å². The van der Waals surface area contributed by atoms with Crippen molar-refractivity contribution in [3.8, 4) is 11.3 Å². The fraction of sp³-hybridized carbons (Fsp3) is 0.185. The Bertz CT molecular complexity index is 1560. The van der Waals surface area contributed by atoms with Crippen molar-refractivity contribution in [1.29, 1.82) is 0 Å². The van der Waals surface area contributed by atoms with E-state index in [1.165, 1.54) is 36.7 Å². The van der Waals surface area contributed by atoms with Crippen LogP contribution < -0.4 is 10.9 Å². The second-order valence-electron chi connectivity index (χ2n) is 8.74. The molecule has 0 bridgehead atoms. The van der Waals surface area contributed by atoms with E-state index in [1.807, 2.05) is 0 Å². The second kappa shape index (κ2) is 10.7. The average Bonchev–Trinajstić information content (AvgIpc) is 3.27. The van der Waals surface area contributed by atoms with Crippen molar-refractivity contribution in [2.45, 2.75) is 24.6 Å². The number of fused-ring (bicyclic) bond motifs is 1. The maximum atomic E-state index is 13.5. The molecule has 4 aromatic rings. The van der Waals surface area contributed by atoms with Crippen molar-refractivity contribution in [2.24, 2.45) is 0 Å². The molecular weight excluding hydrogens is 523 g/mol. The van der Waals surface area contributed by atoms with Crippen LogP contribution in [0.25, 0.3) is 22.0 Å². The Morgan fingerprint density at radius 2 is 1.84 bits per heavy atom. The van der Waals surface area contributed by atoms with Crippen molar-refractivity contribution < 1.29 is 27.5 Å². The van der Waals surface area contributed by atoms with Crippen LogP contribution in [0.1, 0.15) is 33.8 Å². The van der Waals surface area contributed by atoms with Crippen LogP contribution in [-0.2, 0) is 15.7 Å². The van der Waals surface area contributed by atoms with Gasteiger partial charge in [0.05, 0.1) is 23.1 Å². The van der Waals surface area contributed by atoms with Crippen LogP contribution in [0.5, 0.6) is 0 Å². The summed E-state index contributed by atoms with van der Waals surface area (Å²) in [6, 6.07) is 14.2. The number of carbonyl (C=O) groups excluding carboxylic acids is 2. The molecule has 2 aromatic carbocycles. The van der Waals surface area contributed by atoms with Crippen LogP contribution in [0.15, 0.2) is 77.9 Å². The molecule has 11 heteroatoms. The summed E-state index contributed by atoms with van der Waals surface area (Å²) in [6.07, 6.45) is -1.31. The Morgan fingerprint density at radius 3 is 2.58 bits per heavy atom. The Morgan fingerprint density at radius 1 is 1.05 bits per heavy atom. The minimum absolute atomic E-state index is 0. The molecular formula is C27H21ClF3N3O4. The van der Waals surface area contributed by atoms with Gasteiger partial charge in [0.25, 0.3) is 5.56 Å². The Labute approximate surface area is 220 Å². The normalized spacial score (nSPS) is 17.1. The van der Waals surface area contributed by atoms with Gasteiger partial charge in [0, 0.05) is 29.0 Å². The molecule has 38 heavy (non-hydrogen) atoms. The number of nitrogens with zero attached hydrogens (tertiary/aromatic N) is 1. The van der Waals surface area contributed by atoms with Crippen LogP contribution >= 0.6 is 12.4 Å². The first-order valence-corrected chi connectivity index (χ1v) is 11.4. The quantitative estimate of drug-likeness (QED) is 0.350. The first-order valence-electron chi connectivity index (χ1n) is 11.4. The minimum atomic E-state index is -4.58. The van der Waals surface area contributed by atoms with E-state index < -0.39 is 35.2 Å². The molecule has 2 N–H and O–H groups in total. The topological polar surface area (TPSA) is 101 Å². The van der Waals surface area contributed by atoms with E-state index in [9.17, 15) is 27.6 Å². The van der Waals surface area contributed by atoms with Crippen LogP contribution in [0.2, 0.25) is 0 Å². The average molecular weight is 544 g/mol. The number of H-pyrrole nitrogens is 1. The summed E-state index contributed by atoms with van der Waals surface area (Å²) in [4.78, 5) is 44.1. The van der Waals surface area contributed by atoms with Gasteiger partial charge in [-0.2, -0.15) is 13.2 Å². The van der Waals surface area contributed by atoms with E-state index in [-0.39, 0.29) is 41.6 Å². The third-order valence-corrected chi connectivity index (χ3v) is 6.29. The first kappa shape index (κ1) is 26.9. The standard InChI is InChI=1S/C27H20F3N3O4.ClH/c28-27(29,30)22-6-2-1-5-19(22)23-11-16-8-7-15(10-20(16)25(35)33-23)21-12-18(32-24(21)34)14-37-26(36)17-4-3-9-31-13-17;/h1-11,13,18,21H,12,14H2,(H,32,34)(H,33,35);1H/t18?,21-;/m0./s1. The van der Waals surface area contributed by atoms with Gasteiger partial charge in [0.15, 0.2) is 0 Å². The van der Waals surface area contributed by atoms with Gasteiger partial charge in [-0.1, -0.05) is 30.3 Å². The molecule has 7 nitrogen and oxygen atoms in total. The lowest BCUT2D eigenvalue weighted by Crippen LogP contribution is -2.31. The maximum Gasteiger partial charge on any atom is 0.417 e. The number of benzene rings is 2. The molecule has 5 rings (SSSR count). The summed E-state index contributed by atoms with van der Waals surface area (Å²) in [7, 11) is 0. The summed E-state index contributed by atoms with van der Waals surface area (Å²) in [5.74, 6) is -1.39. The number of esters is 1. The van der Waals surface area contributed by atoms with E-state index in [1.54, 1.807) is 30.3 Å². The fourth-order valence-electron chi connectivity index (χ4n) is 4.50. The van der Waals surface area contributed by atoms with E-state index >= 15 is 0 Å². The summed E-state index contributed by atoms with van der Waals surface area (Å²) in [5.41, 5.74) is -0.607. The number of alkyl halides is 3. The molecule has 1 fully saturated rings. The predicted octanol–water partition coefficient (Wildman–Crippen LogP) is 4.86. The summed E-state index contributed by atoms with van der Waals surface area (Å²) < 4.78 is 45.7. The van der Waals surface area contributed by atoms with E-state index in [2.05, 4.69) is 15.3 Å². The fourth-order valence-corrected chi connectivity index (χ4v) is 4.50. The molecule has 2 atom stereocenters. The highest BCUT2D eigenvalue weighted by Gasteiger charge is 2.35. The van der Waals surface area contributed by atoms with E-state index in [4.69, 9.17) is 4.74 Å². The molecule has 3 heterocycles. The number of aromatic nitrogens is 2. The van der Waals surface area contributed by atoms with Crippen LogP contribution in [0.4, 0.5) is 13.2 Å². The largest absolute Gasteiger partial charge is 0.460 e. The van der Waals surface area contributed by atoms with Gasteiger partial charge in [-0.15, -0.1) is 12.4 Å². The van der Waals surface area contributed by atoms with Gasteiger partial charge >= 0.3 is 12.1 Å². The molecule has 1 aliphatic heterocycles. The lowest BCUT2D eigenvalue weighted by atomic mass is 9.93. The number of halogens is 4. The maximum absolute atomic E-state index is 13.5. The third kappa shape index (κ3) is 5.40. The van der Waals surface area contributed by atoms with Crippen molar-refractivity contribution in [2.75, 3.05) is 6.61 Å². The molecule has 1 saturated heterocycles. The highest BCUT2D eigenvalue weighted by molar-refractivity contribution is 5.91. The molecule has 1 unspecified atom stereocenters. The van der Waals surface area contributed by atoms with Crippen molar-refractivity contribution >= 4 is 35.1 Å². The molecule has 0 radical (unpaired) electrons. The van der Waals surface area contributed by atoms with E-state index in [0.717, 1.165) is 6.07 Å². The lowest BCUT2D eigenvalue weighted by Gasteiger charge is -2.14. The Kier molecular flexibility index (Phi) is 7.54. The van der Waals surface area contributed by atoms with Gasteiger partial charge in [0.2, 0.25) is 5.91 Å². The zero-order valence-corrected chi connectivity index (χ0v) is 20.4. The predicted molar refractivity (Wildman–Crippen MR) is 136 cm³/mol. The number of nitrogens with one attached hydrogen (secondary N) is 2. The molecule has 2 aromatic heterocycles. The SMILES string of the molecule is Cl.O=C(OCC1C[C@@H](c2ccc3cc(-c4ccccc4C(F)(F)F)[nH]c(=O)c3c2)C(=O)N1)c1cccnc1. The lowest BCUT2D eigenvalue weighted by molar-refractivity contribution is -0.137. The Balaban J connectivity index is 0.00000336. The van der Waals surface area contributed by atoms with E-state index in [0.29, 0.717) is 22.9 Å². The zero-order chi connectivity index (χ0) is 26.2. The summed E-state index contributed by atoms with van der Waals surface area (Å²) >= 11 is 0. The van der Waals surface area contributed by atoms with Crippen LogP contribution in [-0.4, -0.2) is 34.5 Å². The molecule has 1 amide bonds. The molecule has 0 spiro atoms. The Hall–Kier alpha value is -4.18. The second-order valence-corrected chi connectivity index (χ2v) is 8.74. The smallest absolute Gasteiger partial charge is 0.417 e. The number of aromatic amines is 1. The highest BCUT2D eigenvalue weighted by atomic mass is 35.5. The molecule has 196 valence electrons. The highest BCUT2D eigenvalue weighted by Crippen LogP contribution is 2.37. The minimum Gasteiger partial charge on any atom is -0.460 e. The molecule has 1 aliphatic rings. The number of pyridine rings is 2. The van der Waals surface area contributed by atoms with Crippen molar-refractivity contribution in [3.05, 3.63) is 100 Å². The zero-order valence-electron chi connectivity index (χ0n) is 19.6. The van der Waals surface area contributed by atoms with Gasteiger partial charge in [-0.3, -0.25) is 14.6 Å². The summed E-state index contributed by atoms with van der Waals surface area (Å²) in [6.45, 7) is -0.0217. The third-order valence-electron chi connectivity index (χ3n) is 6.29. The van der Waals surface area contributed by atoms with Gasteiger partial charge < -0.3 is 15.0 Å². The van der Waals surface area contributed by atoms with Gasteiger partial charge in [-0.05, 0) is 47.7 Å². The van der Waals surface area contributed by atoms with Crippen LogP contribution in [0.3, 0.4) is 0 Å².